The summed E-state index contributed by atoms with van der Waals surface area (Å²) in [6, 6.07) is 4.97. The van der Waals surface area contributed by atoms with Gasteiger partial charge in [-0.05, 0) is 49.9 Å². The van der Waals surface area contributed by atoms with Crippen molar-refractivity contribution in [2.75, 3.05) is 19.8 Å². The summed E-state index contributed by atoms with van der Waals surface area (Å²) in [5.41, 5.74) is 0.830. The van der Waals surface area contributed by atoms with E-state index in [9.17, 15) is 8.42 Å². The summed E-state index contributed by atoms with van der Waals surface area (Å²) in [5.74, 6) is 0.742. The lowest BCUT2D eigenvalue weighted by molar-refractivity contribution is 0.114. The van der Waals surface area contributed by atoms with E-state index in [-0.39, 0.29) is 11.0 Å². The van der Waals surface area contributed by atoms with Crippen LogP contribution in [0.25, 0.3) is 0 Å². The molecule has 1 N–H and O–H groups in total. The zero-order valence-corrected chi connectivity index (χ0v) is 14.1. The smallest absolute Gasteiger partial charge is 0.240 e. The number of ether oxygens (including phenoxy) is 2. The Balaban J connectivity index is 1.99. The van der Waals surface area contributed by atoms with Gasteiger partial charge in [-0.1, -0.05) is 13.3 Å². The Morgan fingerprint density at radius 3 is 2.86 bits per heavy atom. The average Bonchev–Trinajstić information content (AvgIpc) is 3.00. The van der Waals surface area contributed by atoms with Crippen molar-refractivity contribution >= 4 is 10.0 Å². The first kappa shape index (κ1) is 17.2. The van der Waals surface area contributed by atoms with Gasteiger partial charge in [0.15, 0.2) is 0 Å². The fraction of sp³-hybridized carbons (Fsp3) is 0.625. The first-order valence-corrected chi connectivity index (χ1v) is 9.36. The van der Waals surface area contributed by atoms with Crippen molar-refractivity contribution in [3.63, 3.8) is 0 Å². The van der Waals surface area contributed by atoms with Crippen molar-refractivity contribution in [1.29, 1.82) is 0 Å². The van der Waals surface area contributed by atoms with Crippen molar-refractivity contribution < 1.29 is 17.9 Å². The topological polar surface area (TPSA) is 64.6 Å². The number of unbranched alkanes of at least 4 members (excludes halogenated alkanes) is 1. The fourth-order valence-electron chi connectivity index (χ4n) is 2.37. The molecule has 1 heterocycles. The molecule has 1 atom stereocenters. The lowest BCUT2D eigenvalue weighted by atomic mass is 10.2. The van der Waals surface area contributed by atoms with E-state index in [0.29, 0.717) is 13.2 Å². The van der Waals surface area contributed by atoms with Crippen molar-refractivity contribution in [3.05, 3.63) is 23.8 Å². The van der Waals surface area contributed by atoms with Gasteiger partial charge in [-0.2, -0.15) is 0 Å². The van der Waals surface area contributed by atoms with Gasteiger partial charge in [0.05, 0.1) is 17.6 Å². The largest absolute Gasteiger partial charge is 0.493 e. The van der Waals surface area contributed by atoms with Gasteiger partial charge in [0.1, 0.15) is 5.75 Å². The van der Waals surface area contributed by atoms with Crippen LogP contribution in [0.15, 0.2) is 23.1 Å². The molecule has 1 aliphatic rings. The molecule has 0 saturated carbocycles. The van der Waals surface area contributed by atoms with E-state index in [0.717, 1.165) is 43.6 Å². The highest BCUT2D eigenvalue weighted by Gasteiger charge is 2.20. The molecule has 1 saturated heterocycles. The van der Waals surface area contributed by atoms with E-state index in [4.69, 9.17) is 9.47 Å². The molecule has 0 unspecified atom stereocenters. The Kier molecular flexibility index (Phi) is 6.23. The van der Waals surface area contributed by atoms with Crippen molar-refractivity contribution in [3.8, 4) is 5.75 Å². The Morgan fingerprint density at radius 1 is 1.41 bits per heavy atom. The molecule has 0 spiro atoms. The summed E-state index contributed by atoms with van der Waals surface area (Å²) < 4.78 is 38.3. The van der Waals surface area contributed by atoms with Gasteiger partial charge in [0.2, 0.25) is 10.0 Å². The van der Waals surface area contributed by atoms with Gasteiger partial charge >= 0.3 is 0 Å². The number of aryl methyl sites for hydroxylation is 1. The molecule has 6 heteroatoms. The predicted molar refractivity (Wildman–Crippen MR) is 85.7 cm³/mol. The number of hydrogen-bond donors (Lipinski definition) is 1. The molecule has 0 amide bonds. The van der Waals surface area contributed by atoms with Crippen molar-refractivity contribution in [2.24, 2.45) is 0 Å². The number of rotatable bonds is 8. The lowest BCUT2D eigenvalue weighted by Gasteiger charge is -2.13. The third kappa shape index (κ3) is 4.69. The summed E-state index contributed by atoms with van der Waals surface area (Å²) >= 11 is 0. The lowest BCUT2D eigenvalue weighted by Crippen LogP contribution is -2.31. The Morgan fingerprint density at radius 2 is 2.23 bits per heavy atom. The zero-order valence-electron chi connectivity index (χ0n) is 13.3. The highest BCUT2D eigenvalue weighted by Crippen LogP contribution is 2.22. The molecule has 5 nitrogen and oxygen atoms in total. The van der Waals surface area contributed by atoms with E-state index in [1.807, 2.05) is 6.92 Å². The molecule has 2 rings (SSSR count). The van der Waals surface area contributed by atoms with E-state index < -0.39 is 10.0 Å². The minimum absolute atomic E-state index is 0.00692. The molecular formula is C16H25NO4S. The molecule has 1 aliphatic heterocycles. The summed E-state index contributed by atoms with van der Waals surface area (Å²) in [6.07, 6.45) is 3.95. The summed E-state index contributed by atoms with van der Waals surface area (Å²) in [6.45, 7) is 5.66. The first-order valence-electron chi connectivity index (χ1n) is 7.87. The molecule has 22 heavy (non-hydrogen) atoms. The number of sulfonamides is 1. The van der Waals surface area contributed by atoms with E-state index in [2.05, 4.69) is 11.6 Å². The molecule has 1 aromatic carbocycles. The highest BCUT2D eigenvalue weighted by atomic mass is 32.2. The SMILES string of the molecule is CCCCOc1ccc(S(=O)(=O)NC[C@@H]2CCCO2)cc1C. The molecule has 0 bridgehead atoms. The molecule has 0 aromatic heterocycles. The second kappa shape index (κ2) is 7.94. The van der Waals surface area contributed by atoms with Crippen LogP contribution in [0.1, 0.15) is 38.2 Å². The summed E-state index contributed by atoms with van der Waals surface area (Å²) in [5, 5.41) is 0. The van der Waals surface area contributed by atoms with E-state index in [1.54, 1.807) is 18.2 Å². The van der Waals surface area contributed by atoms with Crippen LogP contribution in [-0.2, 0) is 14.8 Å². The number of hydrogen-bond acceptors (Lipinski definition) is 4. The van der Waals surface area contributed by atoms with Gasteiger partial charge in [-0.3, -0.25) is 0 Å². The number of benzene rings is 1. The predicted octanol–water partition coefficient (Wildman–Crippen LogP) is 2.63. The van der Waals surface area contributed by atoms with Crippen LogP contribution in [0.4, 0.5) is 0 Å². The zero-order chi connectivity index (χ0) is 16.0. The molecule has 0 aliphatic carbocycles. The fourth-order valence-corrected chi connectivity index (χ4v) is 3.52. The Labute approximate surface area is 133 Å². The van der Waals surface area contributed by atoms with Crippen molar-refractivity contribution in [1.82, 2.24) is 4.72 Å². The standard InChI is InChI=1S/C16H25NO4S/c1-3-4-9-21-16-8-7-15(11-13(16)2)22(18,19)17-12-14-6-5-10-20-14/h7-8,11,14,17H,3-6,9-10,12H2,1-2H3/t14-/m0/s1. The van der Waals surface area contributed by atoms with Crippen LogP contribution in [0, 0.1) is 6.92 Å². The monoisotopic (exact) mass is 327 g/mol. The Bertz CT molecular complexity index is 580. The number of nitrogens with one attached hydrogen (secondary N) is 1. The van der Waals surface area contributed by atoms with Gasteiger partial charge in [-0.25, -0.2) is 13.1 Å². The van der Waals surface area contributed by atoms with Crippen molar-refractivity contribution in [2.45, 2.75) is 50.5 Å². The summed E-state index contributed by atoms with van der Waals surface area (Å²) in [4.78, 5) is 0.269. The second-order valence-electron chi connectivity index (χ2n) is 5.62. The summed E-state index contributed by atoms with van der Waals surface area (Å²) in [7, 11) is -3.50. The van der Waals surface area contributed by atoms with Crippen LogP contribution in [0.2, 0.25) is 0 Å². The van der Waals surface area contributed by atoms with Crippen LogP contribution in [-0.4, -0.2) is 34.3 Å². The van der Waals surface area contributed by atoms with Crippen LogP contribution >= 0.6 is 0 Å². The van der Waals surface area contributed by atoms with Gasteiger partial charge in [0.25, 0.3) is 0 Å². The highest BCUT2D eigenvalue weighted by molar-refractivity contribution is 7.89. The van der Waals surface area contributed by atoms with Gasteiger partial charge < -0.3 is 9.47 Å². The van der Waals surface area contributed by atoms with Crippen LogP contribution in [0.3, 0.4) is 0 Å². The average molecular weight is 327 g/mol. The maximum absolute atomic E-state index is 12.3. The van der Waals surface area contributed by atoms with Crippen LogP contribution < -0.4 is 9.46 Å². The van der Waals surface area contributed by atoms with Gasteiger partial charge in [-0.15, -0.1) is 0 Å². The maximum Gasteiger partial charge on any atom is 0.240 e. The van der Waals surface area contributed by atoms with Crippen LogP contribution in [0.5, 0.6) is 5.75 Å². The maximum atomic E-state index is 12.3. The molecule has 124 valence electrons. The Hall–Kier alpha value is -1.11. The van der Waals surface area contributed by atoms with E-state index in [1.165, 1.54) is 0 Å². The molecule has 0 radical (unpaired) electrons. The molecule has 1 aromatic rings. The molecular weight excluding hydrogens is 302 g/mol. The second-order valence-corrected chi connectivity index (χ2v) is 7.38. The third-order valence-corrected chi connectivity index (χ3v) is 5.16. The third-order valence-electron chi connectivity index (χ3n) is 3.74. The molecule has 1 fully saturated rings. The normalized spacial score (nSPS) is 18.5. The quantitative estimate of drug-likeness (QED) is 0.746. The van der Waals surface area contributed by atoms with E-state index >= 15 is 0 Å². The van der Waals surface area contributed by atoms with Gasteiger partial charge in [0, 0.05) is 13.2 Å². The first-order chi connectivity index (χ1) is 10.5. The minimum atomic E-state index is -3.50. The minimum Gasteiger partial charge on any atom is -0.493 e.